The fourth-order valence-electron chi connectivity index (χ4n) is 1.57. The van der Waals surface area contributed by atoms with E-state index in [2.05, 4.69) is 15.9 Å². The van der Waals surface area contributed by atoms with Gasteiger partial charge in [0.2, 0.25) is 0 Å². The van der Waals surface area contributed by atoms with Crippen molar-refractivity contribution in [3.8, 4) is 0 Å². The Bertz CT molecular complexity index is 238. The smallest absolute Gasteiger partial charge is 0.319 e. The van der Waals surface area contributed by atoms with Crippen LogP contribution in [-0.4, -0.2) is 23.7 Å². The van der Waals surface area contributed by atoms with Gasteiger partial charge in [-0.3, -0.25) is 9.59 Å². The molecule has 0 aliphatic carbocycles. The maximum atomic E-state index is 11.7. The van der Waals surface area contributed by atoms with E-state index in [1.54, 1.807) is 13.8 Å². The molecule has 0 heterocycles. The molecule has 1 unspecified atom stereocenters. The lowest BCUT2D eigenvalue weighted by Gasteiger charge is -2.26. The molecular weight excluding hydrogens is 260 g/mol. The second-order valence-corrected chi connectivity index (χ2v) is 4.77. The first kappa shape index (κ1) is 14.6. The molecule has 1 atom stereocenters. The lowest BCUT2D eigenvalue weighted by Crippen LogP contribution is -2.40. The minimum Gasteiger partial charge on any atom is -0.465 e. The van der Waals surface area contributed by atoms with Crippen LogP contribution < -0.4 is 0 Å². The molecule has 0 bridgehead atoms. The summed E-state index contributed by atoms with van der Waals surface area (Å²) in [5.74, 6) is -0.250. The van der Waals surface area contributed by atoms with Crippen LogP contribution in [0.2, 0.25) is 0 Å². The van der Waals surface area contributed by atoms with Gasteiger partial charge >= 0.3 is 5.97 Å². The number of Topliss-reactive ketones (excluding diaryl/α,β-unsaturated/α-hetero) is 1. The van der Waals surface area contributed by atoms with Gasteiger partial charge in [-0.15, -0.1) is 0 Å². The zero-order chi connectivity index (χ0) is 12.1. The molecule has 0 rings (SSSR count). The number of hydrogen-bond acceptors (Lipinski definition) is 3. The van der Waals surface area contributed by atoms with Gasteiger partial charge in [0.1, 0.15) is 5.41 Å². The molecule has 0 aromatic rings. The van der Waals surface area contributed by atoms with Crippen molar-refractivity contribution in [2.24, 2.45) is 11.3 Å². The third kappa shape index (κ3) is 3.93. The van der Waals surface area contributed by atoms with E-state index >= 15 is 0 Å². The second-order valence-electron chi connectivity index (χ2n) is 4.21. The highest BCUT2D eigenvalue weighted by molar-refractivity contribution is 9.09. The van der Waals surface area contributed by atoms with Crippen LogP contribution in [-0.2, 0) is 14.3 Å². The summed E-state index contributed by atoms with van der Waals surface area (Å²) in [5, 5.41) is 0.190. The van der Waals surface area contributed by atoms with Gasteiger partial charge in [0.25, 0.3) is 0 Å². The summed E-state index contributed by atoms with van der Waals surface area (Å²) in [6.07, 6.45) is 0.524. The van der Waals surface area contributed by atoms with Crippen LogP contribution in [0.4, 0.5) is 0 Å². The van der Waals surface area contributed by atoms with Gasteiger partial charge in [0.05, 0.1) is 11.9 Å². The molecule has 0 aliphatic rings. The van der Waals surface area contributed by atoms with Gasteiger partial charge in [0, 0.05) is 0 Å². The van der Waals surface area contributed by atoms with E-state index in [1.165, 1.54) is 0 Å². The van der Waals surface area contributed by atoms with Gasteiger partial charge in [-0.25, -0.2) is 0 Å². The SMILES string of the molecule is CCOC(=O)C(C)(CC(C)C)C(=O)CBr. The first-order valence-electron chi connectivity index (χ1n) is 5.15. The number of ether oxygens (including phenoxy) is 1. The molecule has 0 saturated carbocycles. The molecule has 0 aromatic carbocycles. The molecule has 0 radical (unpaired) electrons. The number of ketones is 1. The van der Waals surface area contributed by atoms with Crippen molar-refractivity contribution < 1.29 is 14.3 Å². The minimum atomic E-state index is -1.01. The van der Waals surface area contributed by atoms with Crippen molar-refractivity contribution in [1.82, 2.24) is 0 Å². The highest BCUT2D eigenvalue weighted by atomic mass is 79.9. The molecule has 0 spiro atoms. The maximum Gasteiger partial charge on any atom is 0.319 e. The van der Waals surface area contributed by atoms with E-state index in [4.69, 9.17) is 4.74 Å². The van der Waals surface area contributed by atoms with Crippen molar-refractivity contribution >= 4 is 27.7 Å². The first-order chi connectivity index (χ1) is 6.88. The molecule has 0 aliphatic heterocycles. The Kier molecular flexibility index (Phi) is 6.10. The molecular formula is C11H19BrO3. The number of halogens is 1. The van der Waals surface area contributed by atoms with Crippen LogP contribution in [0.25, 0.3) is 0 Å². The van der Waals surface area contributed by atoms with Crippen molar-refractivity contribution in [3.63, 3.8) is 0 Å². The monoisotopic (exact) mass is 278 g/mol. The van der Waals surface area contributed by atoms with E-state index in [0.717, 1.165) is 0 Å². The van der Waals surface area contributed by atoms with Crippen molar-refractivity contribution in [2.45, 2.75) is 34.1 Å². The third-order valence-corrected chi connectivity index (χ3v) is 2.79. The van der Waals surface area contributed by atoms with Crippen LogP contribution in [0.1, 0.15) is 34.1 Å². The number of carbonyl (C=O) groups is 2. The van der Waals surface area contributed by atoms with Crippen LogP contribution in [0.5, 0.6) is 0 Å². The molecule has 0 amide bonds. The summed E-state index contributed by atoms with van der Waals surface area (Å²) >= 11 is 3.10. The Labute approximate surface area is 99.7 Å². The van der Waals surface area contributed by atoms with Crippen molar-refractivity contribution in [3.05, 3.63) is 0 Å². The first-order valence-corrected chi connectivity index (χ1v) is 6.27. The zero-order valence-electron chi connectivity index (χ0n) is 9.80. The van der Waals surface area contributed by atoms with E-state index in [-0.39, 0.29) is 17.0 Å². The van der Waals surface area contributed by atoms with Crippen molar-refractivity contribution in [2.75, 3.05) is 11.9 Å². The number of hydrogen-bond donors (Lipinski definition) is 0. The fraction of sp³-hybridized carbons (Fsp3) is 0.818. The van der Waals surface area contributed by atoms with Crippen LogP contribution in [0.3, 0.4) is 0 Å². The molecule has 3 nitrogen and oxygen atoms in total. The summed E-state index contributed by atoms with van der Waals surface area (Å²) in [4.78, 5) is 23.5. The lowest BCUT2D eigenvalue weighted by atomic mass is 9.79. The van der Waals surface area contributed by atoms with Gasteiger partial charge in [-0.2, -0.15) is 0 Å². The topological polar surface area (TPSA) is 43.4 Å². The maximum absolute atomic E-state index is 11.7. The molecule has 0 fully saturated rings. The number of alkyl halides is 1. The van der Waals surface area contributed by atoms with Gasteiger partial charge in [-0.05, 0) is 26.2 Å². The largest absolute Gasteiger partial charge is 0.465 e. The minimum absolute atomic E-state index is 0.116. The molecule has 4 heteroatoms. The molecule has 0 saturated heterocycles. The Morgan fingerprint density at radius 3 is 2.27 bits per heavy atom. The summed E-state index contributed by atoms with van der Waals surface area (Å²) in [6.45, 7) is 7.68. The normalized spacial score (nSPS) is 14.8. The fourth-order valence-corrected chi connectivity index (χ4v) is 2.18. The summed E-state index contributed by atoms with van der Waals surface area (Å²) < 4.78 is 4.95. The van der Waals surface area contributed by atoms with Crippen LogP contribution >= 0.6 is 15.9 Å². The molecule has 0 aromatic heterocycles. The highest BCUT2D eigenvalue weighted by Gasteiger charge is 2.41. The number of carbonyl (C=O) groups excluding carboxylic acids is 2. The lowest BCUT2D eigenvalue weighted by molar-refractivity contribution is -0.159. The summed E-state index contributed by atoms with van der Waals surface area (Å²) in [6, 6.07) is 0. The average Bonchev–Trinajstić information content (AvgIpc) is 2.15. The average molecular weight is 279 g/mol. The van der Waals surface area contributed by atoms with Crippen molar-refractivity contribution in [1.29, 1.82) is 0 Å². The highest BCUT2D eigenvalue weighted by Crippen LogP contribution is 2.29. The molecule has 88 valence electrons. The summed E-state index contributed by atoms with van der Waals surface area (Å²) in [5.41, 5.74) is -1.01. The van der Waals surface area contributed by atoms with Gasteiger partial charge in [-0.1, -0.05) is 29.8 Å². The number of esters is 1. The Morgan fingerprint density at radius 1 is 1.40 bits per heavy atom. The molecule has 15 heavy (non-hydrogen) atoms. The predicted octanol–water partition coefficient (Wildman–Crippen LogP) is 2.57. The Morgan fingerprint density at radius 2 is 1.93 bits per heavy atom. The standard InChI is InChI=1S/C11H19BrO3/c1-5-15-10(14)11(4,6-8(2)3)9(13)7-12/h8H,5-7H2,1-4H3. The number of rotatable bonds is 6. The second kappa shape index (κ2) is 6.26. The predicted molar refractivity (Wildman–Crippen MR) is 63.0 cm³/mol. The third-order valence-electron chi connectivity index (χ3n) is 2.28. The molecule has 0 N–H and O–H groups in total. The Hall–Kier alpha value is -0.380. The van der Waals surface area contributed by atoms with E-state index in [0.29, 0.717) is 13.0 Å². The van der Waals surface area contributed by atoms with Crippen LogP contribution in [0, 0.1) is 11.3 Å². The van der Waals surface area contributed by atoms with E-state index in [1.807, 2.05) is 13.8 Å². The van der Waals surface area contributed by atoms with Gasteiger partial charge < -0.3 is 4.74 Å². The zero-order valence-corrected chi connectivity index (χ0v) is 11.4. The van der Waals surface area contributed by atoms with E-state index < -0.39 is 11.4 Å². The van der Waals surface area contributed by atoms with E-state index in [9.17, 15) is 9.59 Å². The summed E-state index contributed by atoms with van der Waals surface area (Å²) in [7, 11) is 0. The van der Waals surface area contributed by atoms with Gasteiger partial charge in [0.15, 0.2) is 5.78 Å². The Balaban J connectivity index is 4.84. The van der Waals surface area contributed by atoms with Crippen LogP contribution in [0.15, 0.2) is 0 Å². The quantitative estimate of drug-likeness (QED) is 0.426.